The number of carbonyl (C=O) groups excluding carboxylic acids is 1. The maximum absolute atomic E-state index is 12.4. The van der Waals surface area contributed by atoms with Gasteiger partial charge >= 0.3 is 0 Å². The highest BCUT2D eigenvalue weighted by Gasteiger charge is 2.14. The first-order chi connectivity index (χ1) is 16.1. The standard InChI is InChI=1S/C23H28ClN5O4/c1-31-22-13-21(33-8-4-2-3-5-29-6-9-32-10-7-29)19(24)12-20(22)28-23(30)11-17-15-27-18(14-25)16-26-17/h12-13,15-16H,2-11H2,1H3,(H,28,30). The summed E-state index contributed by atoms with van der Waals surface area (Å²) in [4.78, 5) is 22.8. The third-order valence-corrected chi connectivity index (χ3v) is 5.46. The second kappa shape index (κ2) is 12.9. The largest absolute Gasteiger partial charge is 0.494 e. The highest BCUT2D eigenvalue weighted by atomic mass is 35.5. The first kappa shape index (κ1) is 24.7. The highest BCUT2D eigenvalue weighted by molar-refractivity contribution is 6.32. The fourth-order valence-electron chi connectivity index (χ4n) is 3.40. The van der Waals surface area contributed by atoms with Gasteiger partial charge in [0.1, 0.15) is 17.6 Å². The second-order valence-electron chi connectivity index (χ2n) is 7.58. The quantitative estimate of drug-likeness (QED) is 0.496. The topological polar surface area (TPSA) is 110 Å². The van der Waals surface area contributed by atoms with Crippen molar-refractivity contribution in [3.63, 3.8) is 0 Å². The Morgan fingerprint density at radius 3 is 2.73 bits per heavy atom. The average molecular weight is 474 g/mol. The Kier molecular flexibility index (Phi) is 9.69. The second-order valence-corrected chi connectivity index (χ2v) is 7.98. The molecule has 1 aliphatic heterocycles. The molecule has 0 spiro atoms. The van der Waals surface area contributed by atoms with Gasteiger partial charge in [0.2, 0.25) is 5.91 Å². The summed E-state index contributed by atoms with van der Waals surface area (Å²) in [6.07, 6.45) is 5.85. The van der Waals surface area contributed by atoms with E-state index in [2.05, 4.69) is 20.2 Å². The van der Waals surface area contributed by atoms with Crippen LogP contribution in [0.15, 0.2) is 24.5 Å². The number of benzene rings is 1. The molecule has 0 radical (unpaired) electrons. The van der Waals surface area contributed by atoms with E-state index in [-0.39, 0.29) is 18.0 Å². The first-order valence-electron chi connectivity index (χ1n) is 10.9. The van der Waals surface area contributed by atoms with Crippen LogP contribution in [0.25, 0.3) is 0 Å². The van der Waals surface area contributed by atoms with E-state index in [0.29, 0.717) is 34.5 Å². The van der Waals surface area contributed by atoms with E-state index >= 15 is 0 Å². The van der Waals surface area contributed by atoms with E-state index in [1.54, 1.807) is 12.1 Å². The number of aromatic nitrogens is 2. The molecule has 1 aromatic heterocycles. The summed E-state index contributed by atoms with van der Waals surface area (Å²) < 4.78 is 16.6. The summed E-state index contributed by atoms with van der Waals surface area (Å²) in [7, 11) is 1.51. The van der Waals surface area contributed by atoms with Gasteiger partial charge in [-0.2, -0.15) is 5.26 Å². The van der Waals surface area contributed by atoms with Crippen LogP contribution in [0, 0.1) is 11.3 Å². The fourth-order valence-corrected chi connectivity index (χ4v) is 3.61. The van der Waals surface area contributed by atoms with E-state index in [4.69, 9.17) is 31.1 Å². The molecule has 1 aromatic carbocycles. The molecular weight excluding hydrogens is 446 g/mol. The molecule has 2 aromatic rings. The van der Waals surface area contributed by atoms with Crippen LogP contribution in [-0.2, 0) is 16.0 Å². The lowest BCUT2D eigenvalue weighted by molar-refractivity contribution is -0.115. The minimum absolute atomic E-state index is 0.00217. The molecule has 0 aliphatic carbocycles. The number of amides is 1. The van der Waals surface area contributed by atoms with Gasteiger partial charge in [-0.05, 0) is 31.9 Å². The lowest BCUT2D eigenvalue weighted by atomic mass is 10.2. The van der Waals surface area contributed by atoms with Crippen molar-refractivity contribution in [2.24, 2.45) is 0 Å². The van der Waals surface area contributed by atoms with Crippen molar-refractivity contribution in [1.82, 2.24) is 14.9 Å². The molecule has 1 fully saturated rings. The SMILES string of the molecule is COc1cc(OCCCCCN2CCOCC2)c(Cl)cc1NC(=O)Cc1cnc(C#N)cn1. The van der Waals surface area contributed by atoms with Crippen LogP contribution in [-0.4, -0.2) is 67.3 Å². The number of ether oxygens (including phenoxy) is 3. The zero-order valence-corrected chi connectivity index (χ0v) is 19.4. The number of nitrogens with one attached hydrogen (secondary N) is 1. The number of nitrogens with zero attached hydrogens (tertiary/aromatic N) is 4. The number of rotatable bonds is 11. The Hall–Kier alpha value is -2.93. The molecule has 1 saturated heterocycles. The summed E-state index contributed by atoms with van der Waals surface area (Å²) in [5, 5.41) is 11.9. The van der Waals surface area contributed by atoms with E-state index in [1.807, 2.05) is 6.07 Å². The lowest BCUT2D eigenvalue weighted by Gasteiger charge is -2.26. The van der Waals surface area contributed by atoms with Gasteiger partial charge in [-0.15, -0.1) is 0 Å². The van der Waals surface area contributed by atoms with Gasteiger partial charge in [0.15, 0.2) is 5.69 Å². The van der Waals surface area contributed by atoms with E-state index in [9.17, 15) is 4.79 Å². The van der Waals surface area contributed by atoms with Crippen molar-refractivity contribution in [1.29, 1.82) is 5.26 Å². The molecule has 0 bridgehead atoms. The summed E-state index contributed by atoms with van der Waals surface area (Å²) >= 11 is 6.37. The Labute approximate surface area is 198 Å². The van der Waals surface area contributed by atoms with Crippen molar-refractivity contribution in [2.45, 2.75) is 25.7 Å². The van der Waals surface area contributed by atoms with Gasteiger partial charge in [0, 0.05) is 19.2 Å². The van der Waals surface area contributed by atoms with Gasteiger partial charge in [0.25, 0.3) is 0 Å². The van der Waals surface area contributed by atoms with E-state index in [1.165, 1.54) is 19.5 Å². The maximum Gasteiger partial charge on any atom is 0.230 e. The molecule has 0 atom stereocenters. The van der Waals surface area contributed by atoms with Crippen LogP contribution in [0.1, 0.15) is 30.7 Å². The smallest absolute Gasteiger partial charge is 0.230 e. The Balaban J connectivity index is 1.46. The van der Waals surface area contributed by atoms with E-state index < -0.39 is 0 Å². The van der Waals surface area contributed by atoms with Crippen LogP contribution in [0.3, 0.4) is 0 Å². The minimum Gasteiger partial charge on any atom is -0.494 e. The van der Waals surface area contributed by atoms with Crippen LogP contribution in [0.5, 0.6) is 11.5 Å². The van der Waals surface area contributed by atoms with Crippen molar-refractivity contribution in [3.05, 3.63) is 40.9 Å². The third-order valence-electron chi connectivity index (χ3n) is 5.17. The van der Waals surface area contributed by atoms with Crippen molar-refractivity contribution in [3.8, 4) is 17.6 Å². The van der Waals surface area contributed by atoms with Crippen LogP contribution >= 0.6 is 11.6 Å². The van der Waals surface area contributed by atoms with Crippen LogP contribution < -0.4 is 14.8 Å². The summed E-state index contributed by atoms with van der Waals surface area (Å²) in [6.45, 7) is 5.30. The van der Waals surface area contributed by atoms with Gasteiger partial charge in [-0.25, -0.2) is 4.98 Å². The Morgan fingerprint density at radius 2 is 2.03 bits per heavy atom. The maximum atomic E-state index is 12.4. The first-order valence-corrected chi connectivity index (χ1v) is 11.3. The monoisotopic (exact) mass is 473 g/mol. The number of halogens is 1. The van der Waals surface area contributed by atoms with Crippen LogP contribution in [0.2, 0.25) is 5.02 Å². The number of nitriles is 1. The number of hydrogen-bond acceptors (Lipinski definition) is 8. The molecule has 0 unspecified atom stereocenters. The molecule has 9 nitrogen and oxygen atoms in total. The zero-order valence-electron chi connectivity index (χ0n) is 18.7. The van der Waals surface area contributed by atoms with Crippen molar-refractivity contribution < 1.29 is 19.0 Å². The van der Waals surface area contributed by atoms with Crippen LogP contribution in [0.4, 0.5) is 5.69 Å². The van der Waals surface area contributed by atoms with Gasteiger partial charge in [0.05, 0.1) is 62.1 Å². The molecule has 1 amide bonds. The fraction of sp³-hybridized carbons (Fsp3) is 0.478. The normalized spacial score (nSPS) is 13.8. The third kappa shape index (κ3) is 7.86. The highest BCUT2D eigenvalue weighted by Crippen LogP contribution is 2.36. The zero-order chi connectivity index (χ0) is 23.5. The predicted octanol–water partition coefficient (Wildman–Crippen LogP) is 3.07. The molecule has 2 heterocycles. The molecule has 1 aliphatic rings. The van der Waals surface area contributed by atoms with Crippen molar-refractivity contribution >= 4 is 23.2 Å². The van der Waals surface area contributed by atoms with Gasteiger partial charge < -0.3 is 19.5 Å². The van der Waals surface area contributed by atoms with Gasteiger partial charge in [-0.3, -0.25) is 14.7 Å². The minimum atomic E-state index is -0.308. The lowest BCUT2D eigenvalue weighted by Crippen LogP contribution is -2.36. The van der Waals surface area contributed by atoms with E-state index in [0.717, 1.165) is 52.1 Å². The molecular formula is C23H28ClN5O4. The molecule has 10 heteroatoms. The van der Waals surface area contributed by atoms with Crippen molar-refractivity contribution in [2.75, 3.05) is 51.9 Å². The number of methoxy groups -OCH3 is 1. The predicted molar refractivity (Wildman–Crippen MR) is 124 cm³/mol. The molecule has 33 heavy (non-hydrogen) atoms. The summed E-state index contributed by atoms with van der Waals surface area (Å²) in [5.74, 6) is 0.649. The summed E-state index contributed by atoms with van der Waals surface area (Å²) in [5.41, 5.74) is 1.08. The number of unbranched alkanes of at least 4 members (excludes halogenated alkanes) is 2. The molecule has 176 valence electrons. The summed E-state index contributed by atoms with van der Waals surface area (Å²) in [6, 6.07) is 5.17. The van der Waals surface area contributed by atoms with Gasteiger partial charge in [-0.1, -0.05) is 11.6 Å². The number of carbonyl (C=O) groups is 1. The Bertz CT molecular complexity index is 959. The molecule has 3 rings (SSSR count). The molecule has 0 saturated carbocycles. The molecule has 1 N–H and O–H groups in total. The Morgan fingerprint density at radius 1 is 1.21 bits per heavy atom. The number of hydrogen-bond donors (Lipinski definition) is 1. The average Bonchev–Trinajstić information content (AvgIpc) is 2.83. The number of morpholine rings is 1. The number of anilines is 1.